The first-order chi connectivity index (χ1) is 18.6. The maximum Gasteiger partial charge on any atom is 0.310 e. The maximum atomic E-state index is 12.6. The van der Waals surface area contributed by atoms with Gasteiger partial charge in [-0.3, -0.25) is 14.2 Å². The smallest absolute Gasteiger partial charge is 0.310 e. The van der Waals surface area contributed by atoms with Gasteiger partial charge in [0.25, 0.3) is 0 Å². The number of aromatic nitrogens is 4. The molecule has 4 aromatic rings. The quantitative estimate of drug-likeness (QED) is 0.192. The maximum absolute atomic E-state index is 12.6. The molecule has 2 unspecified atom stereocenters. The number of pyridine rings is 1. The summed E-state index contributed by atoms with van der Waals surface area (Å²) >= 11 is 1.25. The van der Waals surface area contributed by atoms with Crippen LogP contribution in [-0.2, 0) is 21.0 Å². The number of carbonyl (C=O) groups is 1. The number of likely N-dealkylation sites (N-methyl/N-ethyl adjacent to an activating group) is 1. The summed E-state index contributed by atoms with van der Waals surface area (Å²) in [5.41, 5.74) is 3.77. The fraction of sp³-hybridized carbons (Fsp3) is 0.429. The Kier molecular flexibility index (Phi) is 9.16. The van der Waals surface area contributed by atoms with E-state index >= 15 is 0 Å². The Bertz CT molecular complexity index is 1470. The number of amides is 1. The second-order valence-corrected chi connectivity index (χ2v) is 17.5. The van der Waals surface area contributed by atoms with E-state index in [-0.39, 0.29) is 36.1 Å². The van der Waals surface area contributed by atoms with Gasteiger partial charge in [0, 0.05) is 40.0 Å². The minimum atomic E-state index is -1.17. The van der Waals surface area contributed by atoms with Gasteiger partial charge < -0.3 is 14.8 Å². The third-order valence-electron chi connectivity index (χ3n) is 6.68. The molecule has 1 N–H and O–H groups in total. The number of nitrogens with zero attached hydrogens (tertiary/aromatic N) is 4. The molecule has 0 fully saturated rings. The lowest BCUT2D eigenvalue weighted by Crippen LogP contribution is -2.24. The van der Waals surface area contributed by atoms with Gasteiger partial charge in [0.05, 0.1) is 22.0 Å². The van der Waals surface area contributed by atoms with Crippen molar-refractivity contribution in [3.05, 3.63) is 75.3 Å². The third kappa shape index (κ3) is 7.30. The number of benzene rings is 1. The number of fused-ring (bicyclic) bond motifs is 1. The molecule has 1 aromatic carbocycles. The molecule has 0 aliphatic rings. The number of thiazole rings is 1. The fourth-order valence-electron chi connectivity index (χ4n) is 4.02. The summed E-state index contributed by atoms with van der Waals surface area (Å²) in [6.45, 7) is 11.9. The van der Waals surface area contributed by atoms with Crippen LogP contribution < -0.4 is 10.2 Å². The highest BCUT2D eigenvalue weighted by Gasteiger charge is 2.17. The summed E-state index contributed by atoms with van der Waals surface area (Å²) < 4.78 is 15.8. The molecule has 0 radical (unpaired) electrons. The molecule has 0 saturated carbocycles. The third-order valence-corrected chi connectivity index (χ3v) is 9.33. The summed E-state index contributed by atoms with van der Waals surface area (Å²) in [5.74, 6) is 0.555. The van der Waals surface area contributed by atoms with Gasteiger partial charge in [-0.15, -0.1) is 0 Å². The fourth-order valence-corrected chi connectivity index (χ4v) is 5.70. The first kappa shape index (κ1) is 28.9. The molecular formula is C28H37N5O4SSi. The monoisotopic (exact) mass is 567 g/mol. The van der Waals surface area contributed by atoms with Crippen molar-refractivity contribution in [2.24, 2.45) is 0 Å². The zero-order valence-electron chi connectivity index (χ0n) is 23.4. The lowest BCUT2D eigenvalue weighted by molar-refractivity contribution is -0.127. The Labute approximate surface area is 233 Å². The Morgan fingerprint density at radius 1 is 1.13 bits per heavy atom. The predicted molar refractivity (Wildman–Crippen MR) is 157 cm³/mol. The molecule has 0 aliphatic heterocycles. The average molecular weight is 568 g/mol. The molecule has 0 saturated heterocycles. The molecule has 3 aromatic heterocycles. The molecule has 11 heteroatoms. The van der Waals surface area contributed by atoms with Crippen molar-refractivity contribution >= 4 is 35.5 Å². The van der Waals surface area contributed by atoms with Crippen LogP contribution in [0.15, 0.2) is 53.6 Å². The van der Waals surface area contributed by atoms with Crippen molar-refractivity contribution in [2.75, 3.05) is 20.3 Å². The molecule has 0 bridgehead atoms. The number of hydrogen-bond donors (Lipinski definition) is 1. The SMILES string of the molecule is CNC(=O)COC(C)c1ccc(-n2ccc(C(C)c3ccc4c(c3)sc(=O)n4COCC[Si](C)(C)C)n2)nc1. The molecule has 4 rings (SSSR count). The van der Waals surface area contributed by atoms with Gasteiger partial charge in [0.15, 0.2) is 5.82 Å². The summed E-state index contributed by atoms with van der Waals surface area (Å²) in [7, 11) is 0.407. The van der Waals surface area contributed by atoms with E-state index in [2.05, 4.69) is 49.0 Å². The number of carbonyl (C=O) groups excluding carboxylic acids is 1. The number of hydrogen-bond acceptors (Lipinski definition) is 7. The van der Waals surface area contributed by atoms with E-state index in [1.165, 1.54) is 11.3 Å². The number of nitrogens with one attached hydrogen (secondary N) is 1. The van der Waals surface area contributed by atoms with Crippen molar-refractivity contribution < 1.29 is 14.3 Å². The Morgan fingerprint density at radius 3 is 2.59 bits per heavy atom. The first-order valence-electron chi connectivity index (χ1n) is 13.1. The van der Waals surface area contributed by atoms with Gasteiger partial charge in [-0.2, -0.15) is 5.10 Å². The van der Waals surface area contributed by atoms with Crippen molar-refractivity contribution in [1.82, 2.24) is 24.6 Å². The second-order valence-electron chi connectivity index (χ2n) is 10.9. The Morgan fingerprint density at radius 2 is 1.90 bits per heavy atom. The highest BCUT2D eigenvalue weighted by atomic mass is 32.1. The lowest BCUT2D eigenvalue weighted by Gasteiger charge is -2.15. The average Bonchev–Trinajstić information content (AvgIpc) is 3.52. The summed E-state index contributed by atoms with van der Waals surface area (Å²) in [6, 6.07) is 13.0. The topological polar surface area (TPSA) is 100 Å². The van der Waals surface area contributed by atoms with E-state index < -0.39 is 8.07 Å². The van der Waals surface area contributed by atoms with Crippen LogP contribution in [0.5, 0.6) is 0 Å². The summed E-state index contributed by atoms with van der Waals surface area (Å²) in [5, 5.41) is 7.31. The molecule has 2 atom stereocenters. The Hall–Kier alpha value is -3.12. The van der Waals surface area contributed by atoms with Gasteiger partial charge >= 0.3 is 4.87 Å². The van der Waals surface area contributed by atoms with Gasteiger partial charge in [-0.1, -0.05) is 50.0 Å². The zero-order chi connectivity index (χ0) is 28.2. The van der Waals surface area contributed by atoms with E-state index in [0.717, 1.165) is 33.1 Å². The van der Waals surface area contributed by atoms with Crippen molar-refractivity contribution in [3.63, 3.8) is 0 Å². The minimum absolute atomic E-state index is 0.000288. The standard InChI is InChI=1S/C28H37N5O4SSi/c1-19(21-7-9-24-25(15-21)38-28(35)32(24)18-36-13-14-39(4,5)6)23-11-12-33(31-23)26-10-8-22(16-30-26)20(2)37-17-27(34)29-3/h7-12,15-16,19-20H,13-14,17-18H2,1-6H3,(H,29,34). The highest BCUT2D eigenvalue weighted by molar-refractivity contribution is 7.16. The van der Waals surface area contributed by atoms with Crippen LogP contribution in [0.4, 0.5) is 0 Å². The largest absolute Gasteiger partial charge is 0.364 e. The van der Waals surface area contributed by atoms with E-state index in [4.69, 9.17) is 14.6 Å². The number of rotatable bonds is 12. The van der Waals surface area contributed by atoms with Crippen molar-refractivity contribution in [3.8, 4) is 5.82 Å². The van der Waals surface area contributed by atoms with Crippen LogP contribution in [0.1, 0.15) is 42.7 Å². The lowest BCUT2D eigenvalue weighted by atomic mass is 9.98. The van der Waals surface area contributed by atoms with Crippen LogP contribution in [0.25, 0.3) is 16.0 Å². The second kappa shape index (κ2) is 12.4. The van der Waals surface area contributed by atoms with E-state index in [1.807, 2.05) is 37.4 Å². The van der Waals surface area contributed by atoms with Gasteiger partial charge in [0.2, 0.25) is 5.91 Å². The van der Waals surface area contributed by atoms with E-state index in [9.17, 15) is 9.59 Å². The Balaban J connectivity index is 1.43. The van der Waals surface area contributed by atoms with Gasteiger partial charge in [-0.05, 0) is 48.4 Å². The van der Waals surface area contributed by atoms with Gasteiger partial charge in [-0.25, -0.2) is 9.67 Å². The predicted octanol–water partition coefficient (Wildman–Crippen LogP) is 4.93. The minimum Gasteiger partial charge on any atom is -0.364 e. The van der Waals surface area contributed by atoms with E-state index in [0.29, 0.717) is 12.4 Å². The highest BCUT2D eigenvalue weighted by Crippen LogP contribution is 2.28. The van der Waals surface area contributed by atoms with Crippen LogP contribution in [0, 0.1) is 0 Å². The van der Waals surface area contributed by atoms with Crippen LogP contribution >= 0.6 is 11.3 Å². The van der Waals surface area contributed by atoms with Crippen molar-refractivity contribution in [2.45, 2.75) is 58.3 Å². The molecule has 0 aliphatic carbocycles. The molecule has 9 nitrogen and oxygen atoms in total. The summed E-state index contributed by atoms with van der Waals surface area (Å²) in [6.07, 6.45) is 3.38. The van der Waals surface area contributed by atoms with Crippen LogP contribution in [0.2, 0.25) is 25.7 Å². The van der Waals surface area contributed by atoms with E-state index in [1.54, 1.807) is 22.5 Å². The van der Waals surface area contributed by atoms with Crippen LogP contribution in [-0.4, -0.2) is 53.6 Å². The molecule has 1 amide bonds. The molecular weight excluding hydrogens is 530 g/mol. The van der Waals surface area contributed by atoms with Crippen LogP contribution in [0.3, 0.4) is 0 Å². The molecule has 0 spiro atoms. The summed E-state index contributed by atoms with van der Waals surface area (Å²) in [4.78, 5) is 28.6. The molecule has 3 heterocycles. The first-order valence-corrected chi connectivity index (χ1v) is 17.6. The molecule has 208 valence electrons. The zero-order valence-corrected chi connectivity index (χ0v) is 25.2. The number of ether oxygens (including phenoxy) is 2. The normalized spacial score (nSPS) is 13.5. The molecule has 39 heavy (non-hydrogen) atoms. The van der Waals surface area contributed by atoms with Crippen molar-refractivity contribution in [1.29, 1.82) is 0 Å². The van der Waals surface area contributed by atoms with Gasteiger partial charge in [0.1, 0.15) is 13.3 Å².